The minimum Gasteiger partial charge on any atom is -0.494 e. The Kier molecular flexibility index (Phi) is 6.97. The number of aryl methyl sites for hydroxylation is 2. The zero-order valence-electron chi connectivity index (χ0n) is 17.8. The second-order valence-electron chi connectivity index (χ2n) is 7.18. The van der Waals surface area contributed by atoms with Crippen molar-refractivity contribution in [2.75, 3.05) is 11.3 Å². The number of hydrogen-bond donors (Lipinski definition) is 2. The third kappa shape index (κ3) is 5.64. The Balaban J connectivity index is 1.79. The quantitative estimate of drug-likeness (QED) is 0.545. The summed E-state index contributed by atoms with van der Waals surface area (Å²) in [5, 5.41) is 2.84. The number of benzene rings is 3. The number of amides is 1. The van der Waals surface area contributed by atoms with Crippen LogP contribution in [0.4, 0.5) is 5.69 Å². The normalized spacial score (nSPS) is 11.1. The monoisotopic (exact) mass is 438 g/mol. The van der Waals surface area contributed by atoms with Crippen molar-refractivity contribution < 1.29 is 17.9 Å². The molecule has 0 spiro atoms. The average molecular weight is 439 g/mol. The van der Waals surface area contributed by atoms with Crippen LogP contribution in [-0.2, 0) is 16.6 Å². The largest absolute Gasteiger partial charge is 0.494 e. The summed E-state index contributed by atoms with van der Waals surface area (Å²) < 4.78 is 34.1. The van der Waals surface area contributed by atoms with Crippen LogP contribution in [0.1, 0.15) is 34.0 Å². The van der Waals surface area contributed by atoms with E-state index in [2.05, 4.69) is 10.0 Å². The number of ether oxygens (including phenoxy) is 1. The molecule has 3 rings (SSSR count). The van der Waals surface area contributed by atoms with Crippen LogP contribution in [0.3, 0.4) is 0 Å². The van der Waals surface area contributed by atoms with Crippen LogP contribution >= 0.6 is 0 Å². The number of anilines is 1. The average Bonchev–Trinajstić information content (AvgIpc) is 2.73. The highest BCUT2D eigenvalue weighted by atomic mass is 32.2. The molecule has 2 N–H and O–H groups in total. The van der Waals surface area contributed by atoms with Crippen LogP contribution in [0.2, 0.25) is 0 Å². The maximum Gasteiger partial charge on any atom is 0.262 e. The molecule has 0 saturated heterocycles. The van der Waals surface area contributed by atoms with E-state index in [1.54, 1.807) is 37.3 Å². The minimum atomic E-state index is -3.85. The molecule has 0 bridgehead atoms. The van der Waals surface area contributed by atoms with Crippen molar-refractivity contribution in [1.82, 2.24) is 5.32 Å². The van der Waals surface area contributed by atoms with Gasteiger partial charge < -0.3 is 10.1 Å². The van der Waals surface area contributed by atoms with Gasteiger partial charge in [-0.1, -0.05) is 36.4 Å². The van der Waals surface area contributed by atoms with Crippen molar-refractivity contribution in [3.63, 3.8) is 0 Å². The van der Waals surface area contributed by atoms with Crippen LogP contribution in [0, 0.1) is 13.8 Å². The molecule has 3 aromatic carbocycles. The molecule has 31 heavy (non-hydrogen) atoms. The van der Waals surface area contributed by atoms with E-state index in [1.165, 1.54) is 6.07 Å². The van der Waals surface area contributed by atoms with Crippen molar-refractivity contribution in [1.29, 1.82) is 0 Å². The molecule has 7 heteroatoms. The van der Waals surface area contributed by atoms with Gasteiger partial charge in [0.05, 0.1) is 11.5 Å². The Hall–Kier alpha value is -3.32. The van der Waals surface area contributed by atoms with E-state index in [1.807, 2.05) is 44.2 Å². The summed E-state index contributed by atoms with van der Waals surface area (Å²) in [7, 11) is -3.85. The highest BCUT2D eigenvalue weighted by Gasteiger charge is 2.19. The number of carbonyl (C=O) groups excluding carboxylic acids is 1. The molecule has 6 nitrogen and oxygen atoms in total. The molecule has 0 atom stereocenters. The van der Waals surface area contributed by atoms with E-state index in [9.17, 15) is 13.2 Å². The van der Waals surface area contributed by atoms with E-state index in [4.69, 9.17) is 4.74 Å². The molecule has 0 aliphatic carbocycles. The SMILES string of the molecule is CCOc1ccccc1CNC(=O)c1ccc(C)c(S(=O)(=O)Nc2cccc(C)c2)c1. The third-order valence-corrected chi connectivity index (χ3v) is 6.25. The predicted molar refractivity (Wildman–Crippen MR) is 122 cm³/mol. The van der Waals surface area contributed by atoms with E-state index in [0.717, 1.165) is 11.1 Å². The lowest BCUT2D eigenvalue weighted by Gasteiger charge is -2.13. The molecule has 0 saturated carbocycles. The Morgan fingerprint density at radius 2 is 1.74 bits per heavy atom. The first-order valence-corrected chi connectivity index (χ1v) is 11.5. The summed E-state index contributed by atoms with van der Waals surface area (Å²) in [6.07, 6.45) is 0. The molecule has 0 heterocycles. The number of carbonyl (C=O) groups is 1. The Bertz CT molecular complexity index is 1190. The van der Waals surface area contributed by atoms with Gasteiger partial charge >= 0.3 is 0 Å². The van der Waals surface area contributed by atoms with Crippen molar-refractivity contribution in [2.45, 2.75) is 32.2 Å². The van der Waals surface area contributed by atoms with Gasteiger partial charge in [0.15, 0.2) is 0 Å². The van der Waals surface area contributed by atoms with E-state index in [-0.39, 0.29) is 22.9 Å². The van der Waals surface area contributed by atoms with E-state index < -0.39 is 10.0 Å². The van der Waals surface area contributed by atoms with Gasteiger partial charge in [-0.15, -0.1) is 0 Å². The smallest absolute Gasteiger partial charge is 0.262 e. The molecule has 0 aromatic heterocycles. The fourth-order valence-corrected chi connectivity index (χ4v) is 4.49. The second-order valence-corrected chi connectivity index (χ2v) is 8.83. The maximum atomic E-state index is 12.9. The number of sulfonamides is 1. The van der Waals surface area contributed by atoms with Gasteiger partial charge in [-0.25, -0.2) is 8.42 Å². The van der Waals surface area contributed by atoms with Gasteiger partial charge in [0.1, 0.15) is 5.75 Å². The molecule has 0 unspecified atom stereocenters. The molecule has 0 radical (unpaired) electrons. The van der Waals surface area contributed by atoms with Gasteiger partial charge in [0.2, 0.25) is 0 Å². The van der Waals surface area contributed by atoms with Gasteiger partial charge in [-0.2, -0.15) is 0 Å². The van der Waals surface area contributed by atoms with Crippen molar-refractivity contribution in [2.24, 2.45) is 0 Å². The minimum absolute atomic E-state index is 0.0661. The Labute approximate surface area is 183 Å². The maximum absolute atomic E-state index is 12.9. The molecule has 0 aliphatic rings. The Morgan fingerprint density at radius 3 is 2.48 bits per heavy atom. The van der Waals surface area contributed by atoms with Crippen LogP contribution in [0.5, 0.6) is 5.75 Å². The number of para-hydroxylation sites is 1. The highest BCUT2D eigenvalue weighted by molar-refractivity contribution is 7.92. The van der Waals surface area contributed by atoms with Gasteiger partial charge in [0, 0.05) is 23.4 Å². The topological polar surface area (TPSA) is 84.5 Å². The molecular weight excluding hydrogens is 412 g/mol. The lowest BCUT2D eigenvalue weighted by atomic mass is 10.1. The van der Waals surface area contributed by atoms with Gasteiger partial charge in [0.25, 0.3) is 15.9 Å². The zero-order chi connectivity index (χ0) is 22.4. The fraction of sp³-hybridized carbons (Fsp3) is 0.208. The van der Waals surface area contributed by atoms with Crippen LogP contribution in [0.15, 0.2) is 71.6 Å². The number of rotatable bonds is 8. The van der Waals surface area contributed by atoms with Crippen LogP contribution < -0.4 is 14.8 Å². The summed E-state index contributed by atoms with van der Waals surface area (Å²) in [5.41, 5.74) is 3.08. The molecule has 0 fully saturated rings. The lowest BCUT2D eigenvalue weighted by Crippen LogP contribution is -2.24. The zero-order valence-corrected chi connectivity index (χ0v) is 18.6. The van der Waals surface area contributed by atoms with Crippen LogP contribution in [0.25, 0.3) is 0 Å². The summed E-state index contributed by atoms with van der Waals surface area (Å²) in [6, 6.07) is 19.2. The third-order valence-electron chi connectivity index (χ3n) is 4.72. The van der Waals surface area contributed by atoms with E-state index in [0.29, 0.717) is 23.6 Å². The molecule has 0 aliphatic heterocycles. The predicted octanol–water partition coefficient (Wildman–Crippen LogP) is 4.43. The first kappa shape index (κ1) is 22.4. The molecule has 1 amide bonds. The summed E-state index contributed by atoms with van der Waals surface area (Å²) in [4.78, 5) is 12.8. The fourth-order valence-electron chi connectivity index (χ4n) is 3.17. The van der Waals surface area contributed by atoms with Crippen molar-refractivity contribution >= 4 is 21.6 Å². The molecule has 162 valence electrons. The van der Waals surface area contributed by atoms with Crippen molar-refractivity contribution in [3.05, 3.63) is 89.0 Å². The summed E-state index contributed by atoms with van der Waals surface area (Å²) in [5.74, 6) is 0.345. The first-order valence-electron chi connectivity index (χ1n) is 9.99. The number of nitrogens with one attached hydrogen (secondary N) is 2. The van der Waals surface area contributed by atoms with Gasteiger partial charge in [-0.05, 0) is 62.2 Å². The standard InChI is InChI=1S/C24H26N2O4S/c1-4-30-22-11-6-5-9-20(22)16-25-24(27)19-13-12-18(3)23(15-19)31(28,29)26-21-10-7-8-17(2)14-21/h5-15,26H,4,16H2,1-3H3,(H,25,27). The number of hydrogen-bond acceptors (Lipinski definition) is 4. The highest BCUT2D eigenvalue weighted by Crippen LogP contribution is 2.22. The van der Waals surface area contributed by atoms with E-state index >= 15 is 0 Å². The molecule has 3 aromatic rings. The second kappa shape index (κ2) is 9.66. The molecular formula is C24H26N2O4S. The lowest BCUT2D eigenvalue weighted by molar-refractivity contribution is 0.0950. The van der Waals surface area contributed by atoms with Crippen LogP contribution in [-0.4, -0.2) is 20.9 Å². The first-order chi connectivity index (χ1) is 14.8. The summed E-state index contributed by atoms with van der Waals surface area (Å²) in [6.45, 7) is 6.28. The van der Waals surface area contributed by atoms with Crippen molar-refractivity contribution in [3.8, 4) is 5.75 Å². The summed E-state index contributed by atoms with van der Waals surface area (Å²) >= 11 is 0. The Morgan fingerprint density at radius 1 is 0.968 bits per heavy atom. The van der Waals surface area contributed by atoms with Gasteiger partial charge in [-0.3, -0.25) is 9.52 Å².